The van der Waals surface area contributed by atoms with E-state index in [1.807, 2.05) is 11.8 Å². The van der Waals surface area contributed by atoms with E-state index >= 15 is 0 Å². The normalized spacial score (nSPS) is 19.2. The summed E-state index contributed by atoms with van der Waals surface area (Å²) in [7, 11) is 0. The van der Waals surface area contributed by atoms with Crippen LogP contribution < -0.4 is 11.3 Å². The van der Waals surface area contributed by atoms with E-state index in [-0.39, 0.29) is 5.56 Å². The van der Waals surface area contributed by atoms with Crippen molar-refractivity contribution in [2.24, 2.45) is 0 Å². The van der Waals surface area contributed by atoms with E-state index in [4.69, 9.17) is 10.5 Å². The predicted octanol–water partition coefficient (Wildman–Crippen LogP) is 1.73. The number of nitrogens with two attached hydrogens (primary N) is 1. The van der Waals surface area contributed by atoms with E-state index in [0.29, 0.717) is 11.8 Å². The van der Waals surface area contributed by atoms with Gasteiger partial charge in [0.05, 0.1) is 6.10 Å². The first-order valence-corrected chi connectivity index (χ1v) is 7.56. The van der Waals surface area contributed by atoms with E-state index in [1.165, 1.54) is 18.9 Å². The lowest BCUT2D eigenvalue weighted by Crippen LogP contribution is -2.19. The van der Waals surface area contributed by atoms with Gasteiger partial charge in [-0.05, 0) is 31.1 Å². The highest BCUT2D eigenvalue weighted by Gasteiger charge is 2.14. The highest BCUT2D eigenvalue weighted by molar-refractivity contribution is 7.99. The maximum absolute atomic E-state index is 11.5. The molecule has 2 heterocycles. The molecule has 0 spiro atoms. The van der Waals surface area contributed by atoms with Crippen molar-refractivity contribution in [1.82, 2.24) is 4.57 Å². The zero-order valence-electron chi connectivity index (χ0n) is 10.5. The molecule has 2 rings (SSSR count). The van der Waals surface area contributed by atoms with Crippen molar-refractivity contribution in [3.05, 3.63) is 28.7 Å². The number of thioether (sulfide) groups is 1. The Hall–Kier alpha value is -0.940. The maximum atomic E-state index is 11.5. The molecule has 0 saturated carbocycles. The van der Waals surface area contributed by atoms with Crippen molar-refractivity contribution in [1.29, 1.82) is 0 Å². The van der Waals surface area contributed by atoms with Crippen LogP contribution in [0.4, 0.5) is 5.69 Å². The molecule has 5 heteroatoms. The zero-order valence-corrected chi connectivity index (χ0v) is 11.3. The van der Waals surface area contributed by atoms with Gasteiger partial charge in [-0.2, -0.15) is 11.8 Å². The Kier molecular flexibility index (Phi) is 5.13. The van der Waals surface area contributed by atoms with Gasteiger partial charge in [-0.15, -0.1) is 0 Å². The molecule has 1 atom stereocenters. The number of hydrogen-bond donors (Lipinski definition) is 1. The highest BCUT2D eigenvalue weighted by Crippen LogP contribution is 2.17. The molecular formula is C13H20N2O2S. The van der Waals surface area contributed by atoms with Crippen molar-refractivity contribution in [2.75, 3.05) is 23.8 Å². The minimum atomic E-state index is 0.0216. The number of aromatic nitrogens is 1. The first-order valence-electron chi connectivity index (χ1n) is 6.41. The van der Waals surface area contributed by atoms with Crippen molar-refractivity contribution in [3.8, 4) is 0 Å². The molecule has 0 amide bonds. The molecule has 1 aliphatic rings. The van der Waals surface area contributed by atoms with Gasteiger partial charge in [-0.25, -0.2) is 0 Å². The molecule has 2 N–H and O–H groups in total. The summed E-state index contributed by atoms with van der Waals surface area (Å²) in [5.41, 5.74) is 6.32. The van der Waals surface area contributed by atoms with Gasteiger partial charge in [0.1, 0.15) is 0 Å². The SMILES string of the molecule is Nc1ccc(=O)n(CCCSCC2CCCO2)c1. The largest absolute Gasteiger partial charge is 0.398 e. The van der Waals surface area contributed by atoms with E-state index in [0.717, 1.165) is 31.1 Å². The summed E-state index contributed by atoms with van der Waals surface area (Å²) >= 11 is 1.91. The number of rotatable bonds is 6. The summed E-state index contributed by atoms with van der Waals surface area (Å²) < 4.78 is 7.24. The third kappa shape index (κ3) is 4.07. The van der Waals surface area contributed by atoms with Crippen LogP contribution in [0.2, 0.25) is 0 Å². The first-order chi connectivity index (χ1) is 8.75. The molecule has 1 aliphatic heterocycles. The standard InChI is InChI=1S/C13H20N2O2S/c14-11-4-5-13(16)15(9-11)6-2-8-18-10-12-3-1-7-17-12/h4-5,9,12H,1-3,6-8,10,14H2. The summed E-state index contributed by atoms with van der Waals surface area (Å²) in [6.07, 6.45) is 5.55. The second-order valence-electron chi connectivity index (χ2n) is 4.56. The lowest BCUT2D eigenvalue weighted by Gasteiger charge is -2.09. The molecule has 4 nitrogen and oxygen atoms in total. The van der Waals surface area contributed by atoms with Crippen LogP contribution >= 0.6 is 11.8 Å². The monoisotopic (exact) mass is 268 g/mol. The third-order valence-corrected chi connectivity index (χ3v) is 4.21. The molecule has 1 fully saturated rings. The van der Waals surface area contributed by atoms with Crippen LogP contribution in [0.3, 0.4) is 0 Å². The van der Waals surface area contributed by atoms with Crippen LogP contribution in [0, 0.1) is 0 Å². The van der Waals surface area contributed by atoms with Crippen molar-refractivity contribution in [2.45, 2.75) is 31.9 Å². The molecule has 100 valence electrons. The van der Waals surface area contributed by atoms with Crippen molar-refractivity contribution in [3.63, 3.8) is 0 Å². The lowest BCUT2D eigenvalue weighted by atomic mass is 10.3. The van der Waals surface area contributed by atoms with Crippen LogP contribution in [0.15, 0.2) is 23.1 Å². The summed E-state index contributed by atoms with van der Waals surface area (Å²) in [5.74, 6) is 2.13. The van der Waals surface area contributed by atoms with Gasteiger partial charge >= 0.3 is 0 Å². The Bertz CT molecular complexity index is 427. The number of aryl methyl sites for hydroxylation is 1. The second kappa shape index (κ2) is 6.85. The minimum Gasteiger partial charge on any atom is -0.398 e. The molecule has 1 aromatic rings. The molecule has 0 aliphatic carbocycles. The maximum Gasteiger partial charge on any atom is 0.250 e. The number of anilines is 1. The number of hydrogen-bond acceptors (Lipinski definition) is 4. The highest BCUT2D eigenvalue weighted by atomic mass is 32.2. The number of ether oxygens (including phenoxy) is 1. The van der Waals surface area contributed by atoms with Crippen molar-refractivity contribution < 1.29 is 4.74 Å². The molecule has 18 heavy (non-hydrogen) atoms. The quantitative estimate of drug-likeness (QED) is 0.798. The summed E-state index contributed by atoms with van der Waals surface area (Å²) in [6.45, 7) is 1.66. The topological polar surface area (TPSA) is 57.2 Å². The minimum absolute atomic E-state index is 0.0216. The molecular weight excluding hydrogens is 248 g/mol. The van der Waals surface area contributed by atoms with Crippen LogP contribution in [0.25, 0.3) is 0 Å². The fourth-order valence-corrected chi connectivity index (χ4v) is 3.08. The van der Waals surface area contributed by atoms with Gasteiger partial charge in [0.25, 0.3) is 5.56 Å². The van der Waals surface area contributed by atoms with Gasteiger partial charge < -0.3 is 15.0 Å². The van der Waals surface area contributed by atoms with Gasteiger partial charge in [-0.1, -0.05) is 0 Å². The Morgan fingerprint density at radius 2 is 2.39 bits per heavy atom. The average Bonchev–Trinajstić information content (AvgIpc) is 2.86. The molecule has 0 bridgehead atoms. The zero-order chi connectivity index (χ0) is 12.8. The fraction of sp³-hybridized carbons (Fsp3) is 0.615. The molecule has 1 aromatic heterocycles. The van der Waals surface area contributed by atoms with Crippen molar-refractivity contribution >= 4 is 17.4 Å². The van der Waals surface area contributed by atoms with Gasteiger partial charge in [-0.3, -0.25) is 4.79 Å². The average molecular weight is 268 g/mol. The fourth-order valence-electron chi connectivity index (χ4n) is 2.05. The second-order valence-corrected chi connectivity index (χ2v) is 5.71. The Balaban J connectivity index is 1.65. The van der Waals surface area contributed by atoms with Gasteiger partial charge in [0.2, 0.25) is 0 Å². The Morgan fingerprint density at radius 3 is 3.17 bits per heavy atom. The number of nitrogen functional groups attached to an aromatic ring is 1. The number of pyridine rings is 1. The Morgan fingerprint density at radius 1 is 1.50 bits per heavy atom. The summed E-state index contributed by atoms with van der Waals surface area (Å²) in [6, 6.07) is 3.17. The van der Waals surface area contributed by atoms with Crippen LogP contribution in [0.5, 0.6) is 0 Å². The third-order valence-electron chi connectivity index (χ3n) is 3.02. The van der Waals surface area contributed by atoms with Crippen LogP contribution in [-0.4, -0.2) is 28.8 Å². The first kappa shape index (κ1) is 13.5. The molecule has 0 radical (unpaired) electrons. The van der Waals surface area contributed by atoms with E-state index in [2.05, 4.69) is 0 Å². The van der Waals surface area contributed by atoms with Crippen LogP contribution in [-0.2, 0) is 11.3 Å². The Labute approximate surface area is 112 Å². The van der Waals surface area contributed by atoms with E-state index in [1.54, 1.807) is 16.8 Å². The molecule has 1 unspecified atom stereocenters. The molecule has 0 aromatic carbocycles. The van der Waals surface area contributed by atoms with Gasteiger partial charge in [0.15, 0.2) is 0 Å². The van der Waals surface area contributed by atoms with Gasteiger partial charge in [0, 0.05) is 36.9 Å². The predicted molar refractivity (Wildman–Crippen MR) is 76.0 cm³/mol. The summed E-state index contributed by atoms with van der Waals surface area (Å²) in [4.78, 5) is 11.5. The smallest absolute Gasteiger partial charge is 0.250 e. The van der Waals surface area contributed by atoms with E-state index < -0.39 is 0 Å². The summed E-state index contributed by atoms with van der Waals surface area (Å²) in [5, 5.41) is 0. The van der Waals surface area contributed by atoms with E-state index in [9.17, 15) is 4.79 Å². The molecule has 1 saturated heterocycles. The number of nitrogens with zero attached hydrogens (tertiary/aromatic N) is 1. The lowest BCUT2D eigenvalue weighted by molar-refractivity contribution is 0.129. The van der Waals surface area contributed by atoms with Crippen LogP contribution in [0.1, 0.15) is 19.3 Å².